The lowest BCUT2D eigenvalue weighted by molar-refractivity contribution is 0.0685. The number of nitrogens with one attached hydrogen (secondary N) is 1. The second kappa shape index (κ2) is 22.7. The van der Waals surface area contributed by atoms with Crippen molar-refractivity contribution in [3.05, 3.63) is 0 Å². The van der Waals surface area contributed by atoms with Crippen molar-refractivity contribution in [1.29, 1.82) is 0 Å². The van der Waals surface area contributed by atoms with Gasteiger partial charge in [-0.1, -0.05) is 162 Å². The molecule has 0 heterocycles. The van der Waals surface area contributed by atoms with E-state index in [-0.39, 0.29) is 5.41 Å². The highest BCUT2D eigenvalue weighted by Gasteiger charge is 2.52. The molecule has 0 spiro atoms. The van der Waals surface area contributed by atoms with Crippen LogP contribution in [0, 0.1) is 5.41 Å². The predicted octanol–water partition coefficient (Wildman–Crippen LogP) is 10.2. The van der Waals surface area contributed by atoms with Gasteiger partial charge in [-0.2, -0.15) is 0 Å². The molecule has 5 N–H and O–H groups in total. The first-order valence-electron chi connectivity index (χ1n) is 17.3. The maximum Gasteiger partial charge on any atom is 0.0709 e. The zero-order valence-electron chi connectivity index (χ0n) is 26.0. The minimum Gasteiger partial charge on any atom is -0.313 e. The Morgan fingerprint density at radius 1 is 0.595 bits per heavy atom. The molecule has 0 bridgehead atoms. The summed E-state index contributed by atoms with van der Waals surface area (Å²) < 4.78 is 0. The predicted molar refractivity (Wildman–Crippen MR) is 167 cm³/mol. The van der Waals surface area contributed by atoms with Crippen LogP contribution in [-0.2, 0) is 0 Å². The average Bonchev–Trinajstić information content (AvgIpc) is 3.30. The van der Waals surface area contributed by atoms with E-state index in [4.69, 9.17) is 11.5 Å². The Bertz CT molecular complexity index is 491. The molecule has 0 aromatic rings. The first-order chi connectivity index (χ1) is 18.0. The first kappa shape index (κ1) is 34.9. The molecule has 37 heavy (non-hydrogen) atoms. The summed E-state index contributed by atoms with van der Waals surface area (Å²) in [7, 11) is 0. The van der Waals surface area contributed by atoms with Gasteiger partial charge in [-0.25, -0.2) is 0 Å². The molecule has 3 nitrogen and oxygen atoms in total. The van der Waals surface area contributed by atoms with E-state index in [9.17, 15) is 0 Å². The standard InChI is InChI=1S/C34H71N3/c1-4-7-9-11-13-15-16-17-19-21-23-25-31-37-32-27-26-30-33(32,34(35,36)28-6-3)29-24-22-20-18-14-12-10-8-5-2/h32,37H,4-31,35-36H2,1-3H3. The van der Waals surface area contributed by atoms with Gasteiger partial charge in [-0.05, 0) is 38.6 Å². The minimum atomic E-state index is -0.535. The van der Waals surface area contributed by atoms with Crippen molar-refractivity contribution in [3.63, 3.8) is 0 Å². The molecule has 0 aromatic heterocycles. The molecular formula is C34H71N3. The summed E-state index contributed by atoms with van der Waals surface area (Å²) in [6, 6.07) is 0.510. The van der Waals surface area contributed by atoms with Crippen LogP contribution in [0.3, 0.4) is 0 Å². The van der Waals surface area contributed by atoms with Crippen LogP contribution in [-0.4, -0.2) is 18.2 Å². The van der Waals surface area contributed by atoms with Crippen molar-refractivity contribution in [2.24, 2.45) is 16.9 Å². The fourth-order valence-corrected chi connectivity index (χ4v) is 7.11. The van der Waals surface area contributed by atoms with E-state index in [1.54, 1.807) is 0 Å². The molecule has 0 amide bonds. The summed E-state index contributed by atoms with van der Waals surface area (Å²) in [5, 5.41) is 3.99. The molecule has 1 saturated carbocycles. The zero-order valence-corrected chi connectivity index (χ0v) is 26.0. The van der Waals surface area contributed by atoms with E-state index in [0.717, 1.165) is 19.4 Å². The van der Waals surface area contributed by atoms with Crippen molar-refractivity contribution in [2.45, 2.75) is 206 Å². The van der Waals surface area contributed by atoms with Crippen LogP contribution in [0.25, 0.3) is 0 Å². The third kappa shape index (κ3) is 14.7. The van der Waals surface area contributed by atoms with Crippen molar-refractivity contribution in [1.82, 2.24) is 5.32 Å². The van der Waals surface area contributed by atoms with E-state index in [1.165, 1.54) is 161 Å². The zero-order chi connectivity index (χ0) is 27.1. The summed E-state index contributed by atoms with van der Waals surface area (Å²) >= 11 is 0. The molecule has 0 saturated heterocycles. The van der Waals surface area contributed by atoms with Crippen molar-refractivity contribution in [2.75, 3.05) is 6.54 Å². The Balaban J connectivity index is 2.29. The largest absolute Gasteiger partial charge is 0.313 e. The molecule has 2 atom stereocenters. The van der Waals surface area contributed by atoms with Gasteiger partial charge in [0.1, 0.15) is 0 Å². The summed E-state index contributed by atoms with van der Waals surface area (Å²) in [4.78, 5) is 0. The van der Waals surface area contributed by atoms with E-state index in [2.05, 4.69) is 26.1 Å². The van der Waals surface area contributed by atoms with Crippen LogP contribution >= 0.6 is 0 Å². The summed E-state index contributed by atoms with van der Waals surface area (Å²) in [5.74, 6) is 0. The number of nitrogens with two attached hydrogens (primary N) is 2. The number of hydrogen-bond acceptors (Lipinski definition) is 3. The molecule has 0 radical (unpaired) electrons. The third-order valence-electron chi connectivity index (χ3n) is 9.52. The van der Waals surface area contributed by atoms with Crippen LogP contribution < -0.4 is 16.8 Å². The minimum absolute atomic E-state index is 0.0846. The molecule has 0 aliphatic heterocycles. The highest BCUT2D eigenvalue weighted by atomic mass is 15.1. The monoisotopic (exact) mass is 522 g/mol. The van der Waals surface area contributed by atoms with E-state index < -0.39 is 5.66 Å². The Morgan fingerprint density at radius 2 is 1.03 bits per heavy atom. The van der Waals surface area contributed by atoms with Crippen LogP contribution in [0.1, 0.15) is 194 Å². The fraction of sp³-hybridized carbons (Fsp3) is 1.00. The molecule has 0 aromatic carbocycles. The quantitative estimate of drug-likeness (QED) is 0.0744. The highest BCUT2D eigenvalue weighted by molar-refractivity contribution is 5.08. The lowest BCUT2D eigenvalue weighted by Crippen LogP contribution is -2.67. The molecule has 3 heteroatoms. The average molecular weight is 522 g/mol. The van der Waals surface area contributed by atoms with Gasteiger partial charge >= 0.3 is 0 Å². The maximum atomic E-state index is 6.95. The highest BCUT2D eigenvalue weighted by Crippen LogP contribution is 2.49. The fourth-order valence-electron chi connectivity index (χ4n) is 7.11. The normalized spacial score (nSPS) is 20.2. The molecule has 1 rings (SSSR count). The van der Waals surface area contributed by atoms with Gasteiger partial charge in [0.15, 0.2) is 0 Å². The Hall–Kier alpha value is -0.120. The van der Waals surface area contributed by atoms with Gasteiger partial charge in [0.2, 0.25) is 0 Å². The molecule has 2 unspecified atom stereocenters. The van der Waals surface area contributed by atoms with Crippen LogP contribution in [0.2, 0.25) is 0 Å². The Labute approximate surface area is 234 Å². The maximum absolute atomic E-state index is 6.95. The van der Waals surface area contributed by atoms with Gasteiger partial charge in [-0.3, -0.25) is 0 Å². The number of hydrogen-bond donors (Lipinski definition) is 3. The summed E-state index contributed by atoms with van der Waals surface area (Å²) in [6.45, 7) is 7.98. The number of unbranched alkanes of at least 4 members (excludes halogenated alkanes) is 19. The molecule has 1 aliphatic carbocycles. The summed E-state index contributed by atoms with van der Waals surface area (Å²) in [5.41, 5.74) is 13.4. The molecule has 1 fully saturated rings. The molecule has 222 valence electrons. The van der Waals surface area contributed by atoms with Gasteiger partial charge in [0, 0.05) is 11.5 Å². The van der Waals surface area contributed by atoms with Crippen molar-refractivity contribution >= 4 is 0 Å². The lowest BCUT2D eigenvalue weighted by atomic mass is 9.66. The molecule has 1 aliphatic rings. The van der Waals surface area contributed by atoms with E-state index in [0.29, 0.717) is 6.04 Å². The van der Waals surface area contributed by atoms with Crippen LogP contribution in [0.15, 0.2) is 0 Å². The van der Waals surface area contributed by atoms with Crippen LogP contribution in [0.4, 0.5) is 0 Å². The van der Waals surface area contributed by atoms with Gasteiger partial charge in [0.05, 0.1) is 5.66 Å². The van der Waals surface area contributed by atoms with Crippen molar-refractivity contribution in [3.8, 4) is 0 Å². The second-order valence-corrected chi connectivity index (χ2v) is 12.8. The van der Waals surface area contributed by atoms with E-state index >= 15 is 0 Å². The summed E-state index contributed by atoms with van der Waals surface area (Å²) in [6.07, 6.45) is 36.4. The third-order valence-corrected chi connectivity index (χ3v) is 9.52. The Kier molecular flexibility index (Phi) is 21.4. The first-order valence-corrected chi connectivity index (χ1v) is 17.3. The van der Waals surface area contributed by atoms with Gasteiger partial charge < -0.3 is 16.8 Å². The van der Waals surface area contributed by atoms with Gasteiger partial charge in [-0.15, -0.1) is 0 Å². The SMILES string of the molecule is CCCCCCCCCCCCCCNC1CCCC1(CCCCCCCCCCC)C(N)(N)CCC. The van der Waals surface area contributed by atoms with Crippen molar-refractivity contribution < 1.29 is 0 Å². The number of rotatable bonds is 27. The topological polar surface area (TPSA) is 64.1 Å². The molecular weight excluding hydrogens is 450 g/mol. The smallest absolute Gasteiger partial charge is 0.0709 e. The second-order valence-electron chi connectivity index (χ2n) is 12.8. The van der Waals surface area contributed by atoms with Gasteiger partial charge in [0.25, 0.3) is 0 Å². The van der Waals surface area contributed by atoms with E-state index in [1.807, 2.05) is 0 Å². The Morgan fingerprint density at radius 3 is 1.49 bits per heavy atom. The lowest BCUT2D eigenvalue weighted by Gasteiger charge is -2.48. The van der Waals surface area contributed by atoms with Crippen LogP contribution in [0.5, 0.6) is 0 Å².